The second-order valence-electron chi connectivity index (χ2n) is 7.93. The van der Waals surface area contributed by atoms with Gasteiger partial charge in [0, 0.05) is 19.3 Å². The van der Waals surface area contributed by atoms with E-state index in [1.807, 2.05) is 37.6 Å². The Labute approximate surface area is 181 Å². The van der Waals surface area contributed by atoms with E-state index in [1.54, 1.807) is 30.5 Å². The average Bonchev–Trinajstić information content (AvgIpc) is 3.35. The fourth-order valence-electron chi connectivity index (χ4n) is 3.98. The summed E-state index contributed by atoms with van der Waals surface area (Å²) in [5.41, 5.74) is 2.43. The topological polar surface area (TPSA) is 97.4 Å². The minimum absolute atomic E-state index is 0.122. The number of benzene rings is 1. The van der Waals surface area contributed by atoms with Crippen LogP contribution in [0.1, 0.15) is 41.4 Å². The van der Waals surface area contributed by atoms with Crippen molar-refractivity contribution in [2.75, 3.05) is 6.54 Å². The number of amides is 1. The van der Waals surface area contributed by atoms with Crippen molar-refractivity contribution in [2.24, 2.45) is 0 Å². The number of carbonyl (C=O) groups is 1. The average molecular weight is 443 g/mol. The highest BCUT2D eigenvalue weighted by Crippen LogP contribution is 2.31. The van der Waals surface area contributed by atoms with Gasteiger partial charge in [0.2, 0.25) is 15.9 Å². The van der Waals surface area contributed by atoms with Crippen LogP contribution in [0.5, 0.6) is 0 Å². The second-order valence-corrected chi connectivity index (χ2v) is 9.82. The lowest BCUT2D eigenvalue weighted by Crippen LogP contribution is -2.41. The van der Waals surface area contributed by atoms with Gasteiger partial charge in [0.05, 0.1) is 35.9 Å². The second kappa shape index (κ2) is 8.32. The van der Waals surface area contributed by atoms with Crippen molar-refractivity contribution in [1.82, 2.24) is 19.2 Å². The molecule has 3 aromatic rings. The smallest absolute Gasteiger partial charge is 0.243 e. The van der Waals surface area contributed by atoms with Gasteiger partial charge in [-0.15, -0.1) is 0 Å². The van der Waals surface area contributed by atoms with E-state index in [-0.39, 0.29) is 12.3 Å². The van der Waals surface area contributed by atoms with Crippen molar-refractivity contribution in [2.45, 2.75) is 51.2 Å². The summed E-state index contributed by atoms with van der Waals surface area (Å²) in [5.74, 6) is 1.16. The molecule has 1 N–H and O–H groups in total. The molecule has 3 heterocycles. The number of aryl methyl sites for hydroxylation is 2. The Morgan fingerprint density at radius 1 is 1.23 bits per heavy atom. The maximum atomic E-state index is 13.3. The predicted octanol–water partition coefficient (Wildman–Crippen LogP) is 2.72. The number of rotatable bonds is 6. The predicted molar refractivity (Wildman–Crippen MR) is 115 cm³/mol. The molecule has 1 unspecified atom stereocenters. The zero-order valence-corrected chi connectivity index (χ0v) is 18.6. The lowest BCUT2D eigenvalue weighted by Gasteiger charge is -2.32. The Balaban J connectivity index is 1.49. The van der Waals surface area contributed by atoms with Crippen LogP contribution >= 0.6 is 0 Å². The number of sulfonamides is 1. The highest BCUT2D eigenvalue weighted by atomic mass is 32.2. The molecule has 164 valence electrons. The number of nitrogens with zero attached hydrogens (tertiary/aromatic N) is 3. The summed E-state index contributed by atoms with van der Waals surface area (Å²) >= 11 is 0. The van der Waals surface area contributed by atoms with Crippen LogP contribution in [-0.4, -0.2) is 34.7 Å². The molecule has 1 aliphatic heterocycles. The van der Waals surface area contributed by atoms with Gasteiger partial charge in [0.1, 0.15) is 11.6 Å². The molecule has 0 saturated heterocycles. The molecule has 0 spiro atoms. The van der Waals surface area contributed by atoms with Crippen molar-refractivity contribution in [3.63, 3.8) is 0 Å². The van der Waals surface area contributed by atoms with Crippen LogP contribution in [0.2, 0.25) is 0 Å². The van der Waals surface area contributed by atoms with E-state index in [2.05, 4.69) is 10.3 Å². The minimum atomic E-state index is -3.66. The zero-order chi connectivity index (χ0) is 22.2. The third kappa shape index (κ3) is 4.42. The first-order chi connectivity index (χ1) is 14.7. The fraction of sp³-hybridized carbons (Fsp3) is 0.364. The Kier molecular flexibility index (Phi) is 5.72. The molecule has 1 aliphatic rings. The molecule has 2 aromatic heterocycles. The van der Waals surface area contributed by atoms with Crippen LogP contribution in [0, 0.1) is 13.8 Å². The number of fused-ring (bicyclic) bond motifs is 1. The molecule has 1 aromatic carbocycles. The third-order valence-electron chi connectivity index (χ3n) is 5.41. The standard InChI is InChI=1S/C22H26N4O4S/c1-15-9-16(2)11-20(10-15)31(28,29)26-7-6-25-14-18(24-22(25)17(26)3)12-21(27)23-13-19-5-4-8-30-19/h4-5,8-11,14,17H,6-7,12-13H2,1-3H3,(H,23,27). The van der Waals surface area contributed by atoms with Gasteiger partial charge in [-0.3, -0.25) is 4.79 Å². The highest BCUT2D eigenvalue weighted by Gasteiger charge is 2.35. The van der Waals surface area contributed by atoms with Crippen LogP contribution in [0.15, 0.2) is 52.1 Å². The molecular formula is C22H26N4O4S. The summed E-state index contributed by atoms with van der Waals surface area (Å²) in [4.78, 5) is 17.1. The summed E-state index contributed by atoms with van der Waals surface area (Å²) in [6.07, 6.45) is 3.51. The molecule has 4 rings (SSSR count). The Morgan fingerprint density at radius 2 is 1.97 bits per heavy atom. The van der Waals surface area contributed by atoms with E-state index in [0.29, 0.717) is 41.8 Å². The maximum absolute atomic E-state index is 13.3. The quantitative estimate of drug-likeness (QED) is 0.633. The van der Waals surface area contributed by atoms with Crippen molar-refractivity contribution in [3.05, 3.63) is 71.2 Å². The first kappa shape index (κ1) is 21.3. The number of hydrogen-bond acceptors (Lipinski definition) is 5. The number of furan rings is 1. The van der Waals surface area contributed by atoms with Gasteiger partial charge >= 0.3 is 0 Å². The van der Waals surface area contributed by atoms with Crippen LogP contribution in [0.25, 0.3) is 0 Å². The highest BCUT2D eigenvalue weighted by molar-refractivity contribution is 7.89. The normalized spacial score (nSPS) is 16.8. The van der Waals surface area contributed by atoms with Crippen LogP contribution in [-0.2, 0) is 34.3 Å². The van der Waals surface area contributed by atoms with E-state index in [9.17, 15) is 13.2 Å². The maximum Gasteiger partial charge on any atom is 0.243 e. The number of imidazole rings is 1. The van der Waals surface area contributed by atoms with E-state index in [1.165, 1.54) is 4.31 Å². The molecule has 0 bridgehead atoms. The van der Waals surface area contributed by atoms with Gasteiger partial charge in [0.15, 0.2) is 0 Å². The van der Waals surface area contributed by atoms with E-state index in [4.69, 9.17) is 4.42 Å². The molecule has 1 atom stereocenters. The third-order valence-corrected chi connectivity index (χ3v) is 7.36. The van der Waals surface area contributed by atoms with Gasteiger partial charge < -0.3 is 14.3 Å². The summed E-state index contributed by atoms with van der Waals surface area (Å²) in [5, 5.41) is 2.80. The first-order valence-corrected chi connectivity index (χ1v) is 11.6. The van der Waals surface area contributed by atoms with E-state index >= 15 is 0 Å². The molecular weight excluding hydrogens is 416 g/mol. The van der Waals surface area contributed by atoms with Crippen molar-refractivity contribution in [1.29, 1.82) is 0 Å². The largest absolute Gasteiger partial charge is 0.467 e. The van der Waals surface area contributed by atoms with Gasteiger partial charge in [-0.25, -0.2) is 13.4 Å². The van der Waals surface area contributed by atoms with E-state index in [0.717, 1.165) is 11.1 Å². The van der Waals surface area contributed by atoms with E-state index < -0.39 is 16.1 Å². The van der Waals surface area contributed by atoms with Gasteiger partial charge in [-0.05, 0) is 56.2 Å². The number of hydrogen-bond donors (Lipinski definition) is 1. The first-order valence-electron chi connectivity index (χ1n) is 10.2. The molecule has 0 saturated carbocycles. The summed E-state index contributed by atoms with van der Waals surface area (Å²) in [7, 11) is -3.66. The minimum Gasteiger partial charge on any atom is -0.467 e. The number of carbonyl (C=O) groups excluding carboxylic acids is 1. The van der Waals surface area contributed by atoms with Gasteiger partial charge in [-0.1, -0.05) is 6.07 Å². The Hall–Kier alpha value is -2.91. The molecule has 31 heavy (non-hydrogen) atoms. The molecule has 0 aliphatic carbocycles. The van der Waals surface area contributed by atoms with Gasteiger partial charge in [0.25, 0.3) is 0 Å². The van der Waals surface area contributed by atoms with Crippen molar-refractivity contribution in [3.8, 4) is 0 Å². The molecule has 9 heteroatoms. The van der Waals surface area contributed by atoms with Crippen molar-refractivity contribution >= 4 is 15.9 Å². The summed E-state index contributed by atoms with van der Waals surface area (Å²) in [6, 6.07) is 8.48. The van der Waals surface area contributed by atoms with Crippen molar-refractivity contribution < 1.29 is 17.6 Å². The molecule has 8 nitrogen and oxygen atoms in total. The number of nitrogens with one attached hydrogen (secondary N) is 1. The monoisotopic (exact) mass is 442 g/mol. The SMILES string of the molecule is Cc1cc(C)cc(S(=O)(=O)N2CCn3cc(CC(=O)NCc4ccco4)nc3C2C)c1. The lowest BCUT2D eigenvalue weighted by atomic mass is 10.2. The molecule has 1 amide bonds. The zero-order valence-electron chi connectivity index (χ0n) is 17.8. The van der Waals surface area contributed by atoms with Crippen LogP contribution in [0.4, 0.5) is 0 Å². The van der Waals surface area contributed by atoms with Crippen LogP contribution in [0.3, 0.4) is 0 Å². The lowest BCUT2D eigenvalue weighted by molar-refractivity contribution is -0.120. The van der Waals surface area contributed by atoms with Gasteiger partial charge in [-0.2, -0.15) is 4.31 Å². The Bertz CT molecular complexity index is 1180. The molecule has 0 radical (unpaired) electrons. The Morgan fingerprint density at radius 3 is 2.65 bits per heavy atom. The number of aromatic nitrogens is 2. The molecule has 0 fully saturated rings. The van der Waals surface area contributed by atoms with Crippen LogP contribution < -0.4 is 5.32 Å². The fourth-order valence-corrected chi connectivity index (χ4v) is 5.76. The summed E-state index contributed by atoms with van der Waals surface area (Å²) < 4.78 is 35.3. The summed E-state index contributed by atoms with van der Waals surface area (Å²) in [6.45, 7) is 6.77.